The Balaban J connectivity index is 1.81. The minimum absolute atomic E-state index is 0.0810. The quantitative estimate of drug-likeness (QED) is 0.493. The topological polar surface area (TPSA) is 91.3 Å². The fraction of sp³-hybridized carbons (Fsp3) is 0.480. The van der Waals surface area contributed by atoms with Gasteiger partial charge in [-0.15, -0.1) is 0 Å². The molecule has 34 heavy (non-hydrogen) atoms. The third kappa shape index (κ3) is 3.28. The molecular weight excluding hydrogens is 480 g/mol. The Morgan fingerprint density at radius 3 is 2.59 bits per heavy atom. The zero-order chi connectivity index (χ0) is 24.5. The van der Waals surface area contributed by atoms with E-state index in [-0.39, 0.29) is 28.5 Å². The third-order valence-corrected chi connectivity index (χ3v) is 8.66. The molecule has 0 unspecified atom stereocenters. The largest absolute Gasteiger partial charge is 0.481 e. The summed E-state index contributed by atoms with van der Waals surface area (Å²) in [5.74, 6) is -2.84. The predicted octanol–water partition coefficient (Wildman–Crippen LogP) is 5.29. The standard InChI is InChI=1S/C25H26Cl2FN3O3/c1-23(2)6-8-24(9-7-23)25(15-4-3-13(26)11-16(15)30-22(25)34)19(17(31-24)12-18(32)33)14-5-10-29-21(27)20(14)28/h3-5,10-11,17,19,31H,6-9,12H2,1-2H3,(H,30,34)(H,32,33)/t17-,19-,25+/m0/s1. The van der Waals surface area contributed by atoms with Crippen LogP contribution >= 0.6 is 23.2 Å². The number of carbonyl (C=O) groups excluding carboxylic acids is 1. The van der Waals surface area contributed by atoms with Gasteiger partial charge in [0.25, 0.3) is 0 Å². The maximum absolute atomic E-state index is 15.5. The maximum atomic E-state index is 15.5. The van der Waals surface area contributed by atoms with Crippen molar-refractivity contribution < 1.29 is 19.1 Å². The summed E-state index contributed by atoms with van der Waals surface area (Å²) in [6.45, 7) is 4.39. The number of benzene rings is 1. The lowest BCUT2D eigenvalue weighted by Gasteiger charge is -2.50. The molecular formula is C25H26Cl2FN3O3. The number of amides is 1. The molecule has 180 valence electrons. The van der Waals surface area contributed by atoms with E-state index in [4.69, 9.17) is 23.2 Å². The lowest BCUT2D eigenvalue weighted by Crippen LogP contribution is -2.61. The van der Waals surface area contributed by atoms with Gasteiger partial charge < -0.3 is 15.7 Å². The summed E-state index contributed by atoms with van der Waals surface area (Å²) >= 11 is 12.3. The fourth-order valence-corrected chi connectivity index (χ4v) is 6.95. The lowest BCUT2D eigenvalue weighted by atomic mass is 9.53. The van der Waals surface area contributed by atoms with Gasteiger partial charge in [0.2, 0.25) is 5.91 Å². The Morgan fingerprint density at radius 2 is 1.91 bits per heavy atom. The molecule has 3 atom stereocenters. The number of hydrogen-bond donors (Lipinski definition) is 3. The molecule has 9 heteroatoms. The maximum Gasteiger partial charge on any atom is 0.304 e. The van der Waals surface area contributed by atoms with Crippen molar-refractivity contribution in [3.63, 3.8) is 0 Å². The second-order valence-corrected chi connectivity index (χ2v) is 11.3. The van der Waals surface area contributed by atoms with E-state index in [1.807, 2.05) is 6.07 Å². The van der Waals surface area contributed by atoms with Crippen molar-refractivity contribution in [2.45, 2.75) is 68.9 Å². The smallest absolute Gasteiger partial charge is 0.304 e. The highest BCUT2D eigenvalue weighted by atomic mass is 35.5. The SMILES string of the molecule is CC1(C)CCC2(CC1)N[C@@H](CC(=O)O)[C@H](c1ccnc(Cl)c1F)[C@]21C(=O)Nc2cc(Cl)ccc21. The number of fused-ring (bicyclic) bond motifs is 3. The van der Waals surface area contributed by atoms with E-state index >= 15 is 4.39 Å². The molecule has 0 radical (unpaired) electrons. The first-order valence-electron chi connectivity index (χ1n) is 11.4. The molecule has 1 aromatic carbocycles. The summed E-state index contributed by atoms with van der Waals surface area (Å²) < 4.78 is 15.5. The number of rotatable bonds is 3. The number of nitrogens with zero attached hydrogens (tertiary/aromatic N) is 1. The van der Waals surface area contributed by atoms with Gasteiger partial charge in [-0.05, 0) is 60.4 Å². The summed E-state index contributed by atoms with van der Waals surface area (Å²) in [4.78, 5) is 29.9. The number of pyridine rings is 1. The van der Waals surface area contributed by atoms with E-state index in [0.717, 1.165) is 12.8 Å². The summed E-state index contributed by atoms with van der Waals surface area (Å²) in [6, 6.07) is 6.05. The van der Waals surface area contributed by atoms with Crippen molar-refractivity contribution in [1.82, 2.24) is 10.3 Å². The van der Waals surface area contributed by atoms with Crippen molar-refractivity contribution in [3.05, 3.63) is 57.6 Å². The fourth-order valence-electron chi connectivity index (χ4n) is 6.61. The Labute approximate surface area is 207 Å². The van der Waals surface area contributed by atoms with E-state index in [9.17, 15) is 14.7 Å². The second kappa shape index (κ2) is 7.90. The zero-order valence-corrected chi connectivity index (χ0v) is 20.4. The summed E-state index contributed by atoms with van der Waals surface area (Å²) in [7, 11) is 0. The number of hydrogen-bond acceptors (Lipinski definition) is 4. The van der Waals surface area contributed by atoms with Gasteiger partial charge in [0.05, 0.1) is 6.42 Å². The number of carbonyl (C=O) groups is 2. The monoisotopic (exact) mass is 505 g/mol. The predicted molar refractivity (Wildman–Crippen MR) is 128 cm³/mol. The molecule has 1 aromatic heterocycles. The minimum atomic E-state index is -1.24. The van der Waals surface area contributed by atoms with E-state index < -0.39 is 34.7 Å². The van der Waals surface area contributed by atoms with Gasteiger partial charge in [-0.1, -0.05) is 43.1 Å². The summed E-state index contributed by atoms with van der Waals surface area (Å²) in [6.07, 6.45) is 4.09. The van der Waals surface area contributed by atoms with Crippen LogP contribution in [0, 0.1) is 11.2 Å². The first-order valence-corrected chi connectivity index (χ1v) is 12.2. The molecule has 2 aromatic rings. The molecule has 3 N–H and O–H groups in total. The van der Waals surface area contributed by atoms with Crippen LogP contribution in [0.2, 0.25) is 10.2 Å². The molecule has 2 fully saturated rings. The number of carboxylic acids is 1. The molecule has 1 saturated heterocycles. The van der Waals surface area contributed by atoms with Crippen molar-refractivity contribution in [1.29, 1.82) is 0 Å². The van der Waals surface area contributed by atoms with Crippen molar-refractivity contribution in [2.24, 2.45) is 5.41 Å². The second-order valence-electron chi connectivity index (χ2n) is 10.5. The molecule has 0 bridgehead atoms. The van der Waals surface area contributed by atoms with Gasteiger partial charge in [0, 0.05) is 34.4 Å². The van der Waals surface area contributed by atoms with Crippen LogP contribution in [-0.2, 0) is 15.0 Å². The van der Waals surface area contributed by atoms with Crippen molar-refractivity contribution >= 4 is 40.8 Å². The molecule has 1 amide bonds. The highest BCUT2D eigenvalue weighted by Crippen LogP contribution is 2.64. The molecule has 1 saturated carbocycles. The van der Waals surface area contributed by atoms with Crippen LogP contribution in [0.1, 0.15) is 63.0 Å². The van der Waals surface area contributed by atoms with Crippen LogP contribution in [-0.4, -0.2) is 33.5 Å². The number of carboxylic acid groups (broad SMARTS) is 1. The van der Waals surface area contributed by atoms with Crippen molar-refractivity contribution in [2.75, 3.05) is 5.32 Å². The lowest BCUT2D eigenvalue weighted by molar-refractivity contribution is -0.137. The van der Waals surface area contributed by atoms with Crippen molar-refractivity contribution in [3.8, 4) is 0 Å². The molecule has 2 spiro atoms. The number of nitrogens with one attached hydrogen (secondary N) is 2. The average Bonchev–Trinajstić information content (AvgIpc) is 3.19. The minimum Gasteiger partial charge on any atom is -0.481 e. The Morgan fingerprint density at radius 1 is 1.21 bits per heavy atom. The first kappa shape index (κ1) is 23.5. The van der Waals surface area contributed by atoms with Crippen LogP contribution in [0.4, 0.5) is 10.1 Å². The van der Waals surface area contributed by atoms with Gasteiger partial charge in [-0.3, -0.25) is 9.59 Å². The van der Waals surface area contributed by atoms with Crippen LogP contribution in [0.15, 0.2) is 30.5 Å². The van der Waals surface area contributed by atoms with E-state index in [1.54, 1.807) is 12.1 Å². The highest BCUT2D eigenvalue weighted by molar-refractivity contribution is 6.31. The number of aromatic nitrogens is 1. The number of anilines is 1. The Bertz CT molecular complexity index is 1190. The summed E-state index contributed by atoms with van der Waals surface area (Å²) in [5.41, 5.74) is -0.450. The molecule has 6 nitrogen and oxygen atoms in total. The van der Waals surface area contributed by atoms with Gasteiger partial charge in [0.15, 0.2) is 11.0 Å². The van der Waals surface area contributed by atoms with Gasteiger partial charge >= 0.3 is 5.97 Å². The molecule has 3 heterocycles. The third-order valence-electron chi connectivity index (χ3n) is 8.16. The van der Waals surface area contributed by atoms with E-state index in [0.29, 0.717) is 29.1 Å². The molecule has 5 rings (SSSR count). The normalized spacial score (nSPS) is 28.8. The number of aliphatic carboxylic acids is 1. The number of halogens is 3. The van der Waals surface area contributed by atoms with Crippen LogP contribution in [0.5, 0.6) is 0 Å². The Kier molecular flexibility index (Phi) is 5.47. The van der Waals surface area contributed by atoms with Gasteiger partial charge in [-0.25, -0.2) is 9.37 Å². The van der Waals surface area contributed by atoms with E-state index in [1.165, 1.54) is 12.3 Å². The summed E-state index contributed by atoms with van der Waals surface area (Å²) in [5, 5.41) is 16.5. The Hall–Kier alpha value is -2.22. The molecule has 1 aliphatic carbocycles. The first-order chi connectivity index (χ1) is 16.0. The molecule has 3 aliphatic rings. The van der Waals surface area contributed by atoms with Crippen LogP contribution in [0.3, 0.4) is 0 Å². The average molecular weight is 506 g/mol. The van der Waals surface area contributed by atoms with E-state index in [2.05, 4.69) is 29.5 Å². The van der Waals surface area contributed by atoms with Gasteiger partial charge in [0.1, 0.15) is 5.41 Å². The van der Waals surface area contributed by atoms with Gasteiger partial charge in [-0.2, -0.15) is 0 Å². The molecule has 2 aliphatic heterocycles. The van der Waals surface area contributed by atoms with Crippen LogP contribution < -0.4 is 10.6 Å². The highest BCUT2D eigenvalue weighted by Gasteiger charge is 2.71. The van der Waals surface area contributed by atoms with Crippen LogP contribution in [0.25, 0.3) is 0 Å². The zero-order valence-electron chi connectivity index (χ0n) is 18.9.